The molecule has 0 aliphatic rings. The molecule has 6 heteroatoms. The van der Waals surface area contributed by atoms with E-state index < -0.39 is 10.0 Å². The first-order chi connectivity index (χ1) is 12.4. The molecule has 5 nitrogen and oxygen atoms in total. The Labute approximate surface area is 156 Å². The van der Waals surface area contributed by atoms with Crippen LogP contribution in [0.15, 0.2) is 53.4 Å². The van der Waals surface area contributed by atoms with Gasteiger partial charge in [-0.15, -0.1) is 0 Å². The smallest absolute Gasteiger partial charge is 0.261 e. The van der Waals surface area contributed by atoms with Crippen LogP contribution in [0.1, 0.15) is 31.4 Å². The highest BCUT2D eigenvalue weighted by Crippen LogP contribution is 2.17. The fourth-order valence-corrected chi connectivity index (χ4v) is 3.72. The first-order valence-electron chi connectivity index (χ1n) is 8.82. The fraction of sp³-hybridized carbons (Fsp3) is 0.350. The average molecular weight is 375 g/mol. The third-order valence-corrected chi connectivity index (χ3v) is 5.68. The van der Waals surface area contributed by atoms with Crippen molar-refractivity contribution in [1.29, 1.82) is 0 Å². The number of aryl methyl sites for hydroxylation is 2. The van der Waals surface area contributed by atoms with Crippen LogP contribution in [0.4, 0.5) is 5.69 Å². The van der Waals surface area contributed by atoms with E-state index in [1.54, 1.807) is 41.3 Å². The van der Waals surface area contributed by atoms with Gasteiger partial charge in [-0.1, -0.05) is 29.8 Å². The lowest BCUT2D eigenvalue weighted by Gasteiger charge is -2.18. The molecule has 2 aromatic carbocycles. The molecule has 0 aliphatic carbocycles. The Morgan fingerprint density at radius 2 is 1.54 bits per heavy atom. The van der Waals surface area contributed by atoms with E-state index >= 15 is 0 Å². The van der Waals surface area contributed by atoms with Crippen molar-refractivity contribution in [2.45, 2.75) is 38.5 Å². The van der Waals surface area contributed by atoms with E-state index in [0.717, 1.165) is 11.1 Å². The van der Waals surface area contributed by atoms with Crippen LogP contribution in [0.2, 0.25) is 0 Å². The summed E-state index contributed by atoms with van der Waals surface area (Å²) in [5.41, 5.74) is 2.54. The Morgan fingerprint density at radius 3 is 2.08 bits per heavy atom. The predicted molar refractivity (Wildman–Crippen MR) is 105 cm³/mol. The summed E-state index contributed by atoms with van der Waals surface area (Å²) in [6, 6.07) is 13.9. The van der Waals surface area contributed by atoms with Crippen LogP contribution in [0.3, 0.4) is 0 Å². The van der Waals surface area contributed by atoms with E-state index in [-0.39, 0.29) is 10.8 Å². The van der Waals surface area contributed by atoms with Gasteiger partial charge in [0.2, 0.25) is 5.91 Å². The number of nitrogens with one attached hydrogen (secondary N) is 1. The van der Waals surface area contributed by atoms with E-state index in [1.807, 2.05) is 32.9 Å². The minimum Gasteiger partial charge on any atom is -0.343 e. The predicted octanol–water partition coefficient (Wildman–Crippen LogP) is 3.60. The van der Waals surface area contributed by atoms with Gasteiger partial charge in [-0.2, -0.15) is 0 Å². The van der Waals surface area contributed by atoms with Gasteiger partial charge in [0.15, 0.2) is 0 Å². The monoisotopic (exact) mass is 374 g/mol. The van der Waals surface area contributed by atoms with Gasteiger partial charge in [0.1, 0.15) is 0 Å². The standard InChI is InChI=1S/C20H26N2O3S/c1-4-22(5-2)20(23)15-10-17-8-13-19(14-9-17)26(24,25)21-18-11-6-16(3)7-12-18/h6-9,11-14,21H,4-5,10,15H2,1-3H3. The SMILES string of the molecule is CCN(CC)C(=O)CCc1ccc(S(=O)(=O)Nc2ccc(C)cc2)cc1. The van der Waals surface area contributed by atoms with Gasteiger partial charge in [-0.25, -0.2) is 8.42 Å². The molecule has 2 rings (SSSR count). The van der Waals surface area contributed by atoms with E-state index in [0.29, 0.717) is 31.6 Å². The third-order valence-electron chi connectivity index (χ3n) is 4.28. The quantitative estimate of drug-likeness (QED) is 0.768. The van der Waals surface area contributed by atoms with Crippen LogP contribution >= 0.6 is 0 Å². The van der Waals surface area contributed by atoms with E-state index in [4.69, 9.17) is 0 Å². The maximum Gasteiger partial charge on any atom is 0.261 e. The van der Waals surface area contributed by atoms with Gasteiger partial charge >= 0.3 is 0 Å². The highest BCUT2D eigenvalue weighted by molar-refractivity contribution is 7.92. The summed E-state index contributed by atoms with van der Waals surface area (Å²) >= 11 is 0. The van der Waals surface area contributed by atoms with E-state index in [9.17, 15) is 13.2 Å². The van der Waals surface area contributed by atoms with Gasteiger partial charge < -0.3 is 4.90 Å². The van der Waals surface area contributed by atoms with Crippen molar-refractivity contribution in [3.63, 3.8) is 0 Å². The lowest BCUT2D eigenvalue weighted by atomic mass is 10.1. The molecule has 0 unspecified atom stereocenters. The second-order valence-electron chi connectivity index (χ2n) is 6.18. The molecular weight excluding hydrogens is 348 g/mol. The number of hydrogen-bond acceptors (Lipinski definition) is 3. The highest BCUT2D eigenvalue weighted by atomic mass is 32.2. The molecule has 0 radical (unpaired) electrons. The Balaban J connectivity index is 2.01. The Hall–Kier alpha value is -2.34. The molecule has 0 fully saturated rings. The molecule has 140 valence electrons. The molecule has 0 bridgehead atoms. The Kier molecular flexibility index (Phi) is 6.80. The maximum atomic E-state index is 12.5. The van der Waals surface area contributed by atoms with Crippen LogP contribution in [0, 0.1) is 6.92 Å². The molecule has 26 heavy (non-hydrogen) atoms. The molecule has 0 saturated carbocycles. The van der Waals surface area contributed by atoms with Crippen molar-refractivity contribution < 1.29 is 13.2 Å². The number of sulfonamides is 1. The van der Waals surface area contributed by atoms with E-state index in [1.165, 1.54) is 0 Å². The second-order valence-corrected chi connectivity index (χ2v) is 7.86. The summed E-state index contributed by atoms with van der Waals surface area (Å²) in [7, 11) is -3.62. The zero-order valence-corrected chi connectivity index (χ0v) is 16.3. The molecule has 0 aliphatic heterocycles. The van der Waals surface area contributed by atoms with Gasteiger partial charge in [-0.05, 0) is 57.0 Å². The topological polar surface area (TPSA) is 66.5 Å². The maximum absolute atomic E-state index is 12.5. The highest BCUT2D eigenvalue weighted by Gasteiger charge is 2.14. The van der Waals surface area contributed by atoms with Crippen LogP contribution in [0.25, 0.3) is 0 Å². The lowest BCUT2D eigenvalue weighted by Crippen LogP contribution is -2.30. The molecule has 0 spiro atoms. The zero-order chi connectivity index (χ0) is 19.2. The van der Waals surface area contributed by atoms with Gasteiger partial charge in [0.05, 0.1) is 4.90 Å². The normalized spacial score (nSPS) is 11.2. The van der Waals surface area contributed by atoms with Crippen molar-refractivity contribution >= 4 is 21.6 Å². The summed E-state index contributed by atoms with van der Waals surface area (Å²) in [6.07, 6.45) is 1.02. The first-order valence-corrected chi connectivity index (χ1v) is 10.3. The fourth-order valence-electron chi connectivity index (χ4n) is 2.66. The average Bonchev–Trinajstić information content (AvgIpc) is 2.63. The Morgan fingerprint density at radius 1 is 0.962 bits per heavy atom. The summed E-state index contributed by atoms with van der Waals surface area (Å²) in [6.45, 7) is 7.28. The number of anilines is 1. The van der Waals surface area contributed by atoms with Crippen LogP contribution in [-0.2, 0) is 21.2 Å². The first kappa shape index (κ1) is 20.0. The molecule has 0 atom stereocenters. The Bertz CT molecular complexity index is 824. The number of amides is 1. The molecule has 0 saturated heterocycles. The number of carbonyl (C=O) groups excluding carboxylic acids is 1. The molecule has 2 aromatic rings. The summed E-state index contributed by atoms with van der Waals surface area (Å²) in [5.74, 6) is 0.118. The van der Waals surface area contributed by atoms with Gasteiger partial charge in [0, 0.05) is 25.2 Å². The second kappa shape index (κ2) is 8.85. The van der Waals surface area contributed by atoms with Crippen LogP contribution in [-0.4, -0.2) is 32.3 Å². The number of carbonyl (C=O) groups is 1. The van der Waals surface area contributed by atoms with Crippen molar-refractivity contribution in [1.82, 2.24) is 4.90 Å². The van der Waals surface area contributed by atoms with Crippen LogP contribution in [0.5, 0.6) is 0 Å². The molecule has 0 aromatic heterocycles. The van der Waals surface area contributed by atoms with Gasteiger partial charge in [0.25, 0.3) is 10.0 Å². The van der Waals surface area contributed by atoms with E-state index in [2.05, 4.69) is 4.72 Å². The third kappa shape index (κ3) is 5.33. The van der Waals surface area contributed by atoms with Crippen molar-refractivity contribution in [2.75, 3.05) is 17.8 Å². The molecule has 1 amide bonds. The lowest BCUT2D eigenvalue weighted by molar-refractivity contribution is -0.130. The summed E-state index contributed by atoms with van der Waals surface area (Å²) in [4.78, 5) is 14.1. The number of nitrogens with zero attached hydrogens (tertiary/aromatic N) is 1. The van der Waals surface area contributed by atoms with Crippen molar-refractivity contribution in [3.8, 4) is 0 Å². The summed E-state index contributed by atoms with van der Waals surface area (Å²) in [5, 5.41) is 0. The molecule has 1 N–H and O–H groups in total. The number of hydrogen-bond donors (Lipinski definition) is 1. The summed E-state index contributed by atoms with van der Waals surface area (Å²) < 4.78 is 27.5. The van der Waals surface area contributed by atoms with Crippen molar-refractivity contribution in [2.24, 2.45) is 0 Å². The minimum atomic E-state index is -3.62. The zero-order valence-electron chi connectivity index (χ0n) is 15.5. The molecule has 0 heterocycles. The van der Waals surface area contributed by atoms with Gasteiger partial charge in [-0.3, -0.25) is 9.52 Å². The van der Waals surface area contributed by atoms with Crippen LogP contribution < -0.4 is 4.72 Å². The number of rotatable bonds is 8. The minimum absolute atomic E-state index is 0.118. The number of benzene rings is 2. The molecular formula is C20H26N2O3S. The van der Waals surface area contributed by atoms with Crippen molar-refractivity contribution in [3.05, 3.63) is 59.7 Å². The largest absolute Gasteiger partial charge is 0.343 e.